The van der Waals surface area contributed by atoms with Crippen molar-refractivity contribution in [1.82, 2.24) is 0 Å². The molecule has 1 N–H and O–H groups in total. The standard InChI is InChI=1S/C37H72O5/c1-4-5-6-7-8-9-10-11-12-15-19-22-25-28-31-37(40)42-35(32-38)33-41-36(39)30-27-24-21-18-16-13-14-17-20-23-26-29-34(2)3/h34-35,38H,4-33H2,1-3H3/t35-/m0/s1. The average Bonchev–Trinajstić information content (AvgIpc) is 2.97. The van der Waals surface area contributed by atoms with Crippen LogP contribution in [0.4, 0.5) is 0 Å². The van der Waals surface area contributed by atoms with Gasteiger partial charge in [-0.1, -0.05) is 175 Å². The lowest BCUT2D eigenvalue weighted by molar-refractivity contribution is -0.161. The first-order chi connectivity index (χ1) is 20.5. The van der Waals surface area contributed by atoms with Crippen LogP contribution in [0.2, 0.25) is 0 Å². The van der Waals surface area contributed by atoms with E-state index in [1.807, 2.05) is 0 Å². The highest BCUT2D eigenvalue weighted by molar-refractivity contribution is 5.70. The van der Waals surface area contributed by atoms with Gasteiger partial charge in [-0.2, -0.15) is 0 Å². The minimum absolute atomic E-state index is 0.0583. The van der Waals surface area contributed by atoms with Crippen LogP contribution in [-0.4, -0.2) is 36.4 Å². The van der Waals surface area contributed by atoms with Crippen molar-refractivity contribution in [3.8, 4) is 0 Å². The van der Waals surface area contributed by atoms with Crippen LogP contribution in [0.25, 0.3) is 0 Å². The highest BCUT2D eigenvalue weighted by atomic mass is 16.6. The summed E-state index contributed by atoms with van der Waals surface area (Å²) in [6.45, 7) is 6.49. The van der Waals surface area contributed by atoms with Crippen LogP contribution in [0.1, 0.15) is 201 Å². The van der Waals surface area contributed by atoms with Crippen LogP contribution in [0.5, 0.6) is 0 Å². The van der Waals surface area contributed by atoms with E-state index in [9.17, 15) is 14.7 Å². The number of unbranched alkanes of at least 4 members (excludes halogenated alkanes) is 23. The van der Waals surface area contributed by atoms with Crippen LogP contribution >= 0.6 is 0 Å². The fourth-order valence-corrected chi connectivity index (χ4v) is 5.50. The fraction of sp³-hybridized carbons (Fsp3) is 0.946. The summed E-state index contributed by atoms with van der Waals surface area (Å²) in [6.07, 6.45) is 33.0. The molecule has 0 aliphatic rings. The third kappa shape index (κ3) is 31.8. The Morgan fingerprint density at radius 3 is 1.26 bits per heavy atom. The van der Waals surface area contributed by atoms with Gasteiger partial charge in [0.1, 0.15) is 6.61 Å². The van der Waals surface area contributed by atoms with Gasteiger partial charge in [0.25, 0.3) is 0 Å². The summed E-state index contributed by atoms with van der Waals surface area (Å²) < 4.78 is 10.6. The molecule has 5 heteroatoms. The van der Waals surface area contributed by atoms with Gasteiger partial charge in [-0.25, -0.2) is 0 Å². The third-order valence-electron chi connectivity index (χ3n) is 8.33. The van der Waals surface area contributed by atoms with Crippen molar-refractivity contribution < 1.29 is 24.2 Å². The Hall–Kier alpha value is -1.10. The van der Waals surface area contributed by atoms with Gasteiger partial charge in [0.05, 0.1) is 6.61 Å². The first-order valence-corrected chi connectivity index (χ1v) is 18.5. The minimum Gasteiger partial charge on any atom is -0.462 e. The largest absolute Gasteiger partial charge is 0.462 e. The summed E-state index contributed by atoms with van der Waals surface area (Å²) in [5, 5.41) is 9.52. The van der Waals surface area contributed by atoms with Gasteiger partial charge in [0.2, 0.25) is 0 Å². The smallest absolute Gasteiger partial charge is 0.306 e. The molecule has 0 spiro atoms. The molecule has 0 rings (SSSR count). The van der Waals surface area contributed by atoms with Crippen molar-refractivity contribution in [2.75, 3.05) is 13.2 Å². The van der Waals surface area contributed by atoms with Gasteiger partial charge in [0.15, 0.2) is 6.10 Å². The third-order valence-corrected chi connectivity index (χ3v) is 8.33. The Morgan fingerprint density at radius 2 is 0.881 bits per heavy atom. The molecule has 0 unspecified atom stereocenters. The van der Waals surface area contributed by atoms with E-state index in [1.165, 1.54) is 128 Å². The van der Waals surface area contributed by atoms with E-state index >= 15 is 0 Å². The van der Waals surface area contributed by atoms with E-state index in [0.717, 1.165) is 44.4 Å². The molecule has 1 atom stereocenters. The summed E-state index contributed by atoms with van der Waals surface area (Å²) in [6, 6.07) is 0. The zero-order valence-electron chi connectivity index (χ0n) is 28.4. The number of rotatable bonds is 33. The number of carbonyl (C=O) groups is 2. The number of hydrogen-bond acceptors (Lipinski definition) is 5. The molecule has 0 radical (unpaired) electrons. The number of hydrogen-bond donors (Lipinski definition) is 1. The Balaban J connectivity index is 3.52. The molecule has 0 aromatic rings. The van der Waals surface area contributed by atoms with E-state index in [-0.39, 0.29) is 25.2 Å². The molecule has 0 aliphatic heterocycles. The summed E-state index contributed by atoms with van der Waals surface area (Å²) in [5.41, 5.74) is 0. The molecule has 0 saturated carbocycles. The van der Waals surface area contributed by atoms with E-state index in [2.05, 4.69) is 20.8 Å². The summed E-state index contributed by atoms with van der Waals surface area (Å²) >= 11 is 0. The molecular weight excluding hydrogens is 524 g/mol. The molecule has 0 aromatic heterocycles. The predicted octanol–water partition coefficient (Wildman–Crippen LogP) is 11.0. The van der Waals surface area contributed by atoms with E-state index < -0.39 is 6.10 Å². The highest BCUT2D eigenvalue weighted by Crippen LogP contribution is 2.15. The van der Waals surface area contributed by atoms with Gasteiger partial charge in [-0.05, 0) is 18.8 Å². The quantitative estimate of drug-likeness (QED) is 0.0602. The molecule has 0 aromatic carbocycles. The van der Waals surface area contributed by atoms with Gasteiger partial charge < -0.3 is 14.6 Å². The maximum absolute atomic E-state index is 12.1. The second-order valence-electron chi connectivity index (χ2n) is 13.1. The Kier molecular flexibility index (Phi) is 31.9. The number of aliphatic hydroxyl groups is 1. The molecule has 0 aliphatic carbocycles. The second-order valence-corrected chi connectivity index (χ2v) is 13.1. The van der Waals surface area contributed by atoms with Crippen LogP contribution < -0.4 is 0 Å². The monoisotopic (exact) mass is 597 g/mol. The molecule has 250 valence electrons. The number of aliphatic hydroxyl groups excluding tert-OH is 1. The zero-order chi connectivity index (χ0) is 30.9. The summed E-state index contributed by atoms with van der Waals surface area (Å²) in [5.74, 6) is 0.256. The summed E-state index contributed by atoms with van der Waals surface area (Å²) in [7, 11) is 0. The first-order valence-electron chi connectivity index (χ1n) is 18.5. The van der Waals surface area contributed by atoms with Crippen molar-refractivity contribution in [2.24, 2.45) is 5.92 Å². The molecule has 0 amide bonds. The minimum atomic E-state index is -0.761. The Morgan fingerprint density at radius 1 is 0.524 bits per heavy atom. The molecule has 0 saturated heterocycles. The van der Waals surface area contributed by atoms with Crippen LogP contribution in [0, 0.1) is 5.92 Å². The highest BCUT2D eigenvalue weighted by Gasteiger charge is 2.16. The molecule has 0 heterocycles. The SMILES string of the molecule is CCCCCCCCCCCCCCCCC(=O)O[C@@H](CO)COC(=O)CCCCCCCCCCCCCC(C)C. The lowest BCUT2D eigenvalue weighted by Crippen LogP contribution is -2.28. The Labute approximate surface area is 261 Å². The maximum atomic E-state index is 12.1. The second kappa shape index (κ2) is 32.8. The topological polar surface area (TPSA) is 72.8 Å². The maximum Gasteiger partial charge on any atom is 0.306 e. The average molecular weight is 597 g/mol. The number of ether oxygens (including phenoxy) is 2. The predicted molar refractivity (Wildman–Crippen MR) is 178 cm³/mol. The molecule has 5 nitrogen and oxygen atoms in total. The normalized spacial score (nSPS) is 12.1. The van der Waals surface area contributed by atoms with E-state index in [1.54, 1.807) is 0 Å². The number of esters is 2. The number of carbonyl (C=O) groups excluding carboxylic acids is 2. The molecule has 42 heavy (non-hydrogen) atoms. The van der Waals surface area contributed by atoms with Crippen molar-refractivity contribution in [3.63, 3.8) is 0 Å². The summed E-state index contributed by atoms with van der Waals surface area (Å²) in [4.78, 5) is 24.2. The molecule has 0 fully saturated rings. The zero-order valence-corrected chi connectivity index (χ0v) is 28.4. The van der Waals surface area contributed by atoms with Crippen LogP contribution in [-0.2, 0) is 19.1 Å². The van der Waals surface area contributed by atoms with Gasteiger partial charge in [-0.3, -0.25) is 9.59 Å². The van der Waals surface area contributed by atoms with Gasteiger partial charge >= 0.3 is 11.9 Å². The van der Waals surface area contributed by atoms with E-state index in [4.69, 9.17) is 9.47 Å². The molecule has 0 bridgehead atoms. The van der Waals surface area contributed by atoms with Crippen molar-refractivity contribution >= 4 is 11.9 Å². The van der Waals surface area contributed by atoms with Gasteiger partial charge in [-0.15, -0.1) is 0 Å². The molecular formula is C37H72O5. The van der Waals surface area contributed by atoms with Crippen molar-refractivity contribution in [3.05, 3.63) is 0 Å². The van der Waals surface area contributed by atoms with E-state index in [0.29, 0.717) is 12.8 Å². The Bertz CT molecular complexity index is 577. The fourth-order valence-electron chi connectivity index (χ4n) is 5.50. The van der Waals surface area contributed by atoms with Crippen molar-refractivity contribution in [2.45, 2.75) is 207 Å². The van der Waals surface area contributed by atoms with Crippen LogP contribution in [0.15, 0.2) is 0 Å². The lowest BCUT2D eigenvalue weighted by Gasteiger charge is -2.15. The van der Waals surface area contributed by atoms with Crippen molar-refractivity contribution in [1.29, 1.82) is 0 Å². The van der Waals surface area contributed by atoms with Crippen LogP contribution in [0.3, 0.4) is 0 Å². The lowest BCUT2D eigenvalue weighted by atomic mass is 10.0. The van der Waals surface area contributed by atoms with Gasteiger partial charge in [0, 0.05) is 12.8 Å². The first kappa shape index (κ1) is 40.9.